The van der Waals surface area contributed by atoms with Crippen molar-refractivity contribution in [3.05, 3.63) is 47.8 Å². The summed E-state index contributed by atoms with van der Waals surface area (Å²) in [6, 6.07) is 11.8. The molecular weight excluding hydrogens is 277 g/mol. The first-order chi connectivity index (χ1) is 9.74. The molecule has 0 atom stereocenters. The molecule has 100 valence electrons. The van der Waals surface area contributed by atoms with Crippen molar-refractivity contribution in [1.29, 1.82) is 5.26 Å². The summed E-state index contributed by atoms with van der Waals surface area (Å²) in [6.45, 7) is 1.08. The number of ether oxygens (including phenoxy) is 2. The zero-order chi connectivity index (χ0) is 13.9. The normalized spacial score (nSPS) is 12.8. The van der Waals surface area contributed by atoms with Gasteiger partial charge in [-0.25, -0.2) is 4.39 Å². The lowest BCUT2D eigenvalue weighted by molar-refractivity contribution is 0.171. The van der Waals surface area contributed by atoms with Crippen LogP contribution in [0.5, 0.6) is 11.5 Å². The van der Waals surface area contributed by atoms with Crippen molar-refractivity contribution >= 4 is 11.8 Å². The summed E-state index contributed by atoms with van der Waals surface area (Å²) >= 11 is 1.38. The third kappa shape index (κ3) is 2.70. The van der Waals surface area contributed by atoms with Gasteiger partial charge in [-0.2, -0.15) is 5.26 Å². The molecule has 0 fully saturated rings. The molecule has 1 aliphatic rings. The van der Waals surface area contributed by atoms with Gasteiger partial charge in [-0.05, 0) is 36.4 Å². The molecule has 1 aliphatic heterocycles. The van der Waals surface area contributed by atoms with Crippen LogP contribution in [-0.4, -0.2) is 13.2 Å². The van der Waals surface area contributed by atoms with Crippen LogP contribution in [-0.2, 0) is 0 Å². The standard InChI is InChI=1S/C15H10FNO2S/c16-11-5-10(9-17)6-13(7-11)20-12-1-2-14-15(8-12)19-4-3-18-14/h1-2,5-8H,3-4H2. The van der Waals surface area contributed by atoms with E-state index in [1.807, 2.05) is 24.3 Å². The van der Waals surface area contributed by atoms with E-state index >= 15 is 0 Å². The van der Waals surface area contributed by atoms with Crippen molar-refractivity contribution in [3.63, 3.8) is 0 Å². The molecule has 0 saturated carbocycles. The van der Waals surface area contributed by atoms with Crippen LogP contribution in [0.2, 0.25) is 0 Å². The summed E-state index contributed by atoms with van der Waals surface area (Å²) in [4.78, 5) is 1.59. The Bertz CT molecular complexity index is 697. The van der Waals surface area contributed by atoms with Crippen LogP contribution in [0.3, 0.4) is 0 Å². The highest BCUT2D eigenvalue weighted by Gasteiger charge is 2.12. The van der Waals surface area contributed by atoms with Gasteiger partial charge in [0.05, 0.1) is 11.6 Å². The number of hydrogen-bond donors (Lipinski definition) is 0. The van der Waals surface area contributed by atoms with E-state index in [9.17, 15) is 4.39 Å². The van der Waals surface area contributed by atoms with Crippen molar-refractivity contribution in [3.8, 4) is 17.6 Å². The zero-order valence-corrected chi connectivity index (χ0v) is 11.2. The highest BCUT2D eigenvalue weighted by Crippen LogP contribution is 2.37. The number of halogens is 1. The molecule has 0 radical (unpaired) electrons. The molecule has 0 aliphatic carbocycles. The van der Waals surface area contributed by atoms with Crippen LogP contribution in [0.25, 0.3) is 0 Å². The molecule has 0 unspecified atom stereocenters. The van der Waals surface area contributed by atoms with Crippen molar-refractivity contribution in [2.24, 2.45) is 0 Å². The van der Waals surface area contributed by atoms with Gasteiger partial charge in [-0.1, -0.05) is 11.8 Å². The van der Waals surface area contributed by atoms with E-state index in [1.54, 1.807) is 6.07 Å². The van der Waals surface area contributed by atoms with Crippen molar-refractivity contribution < 1.29 is 13.9 Å². The first kappa shape index (κ1) is 12.8. The lowest BCUT2D eigenvalue weighted by Gasteiger charge is -2.18. The smallest absolute Gasteiger partial charge is 0.162 e. The van der Waals surface area contributed by atoms with Crippen LogP contribution in [0.4, 0.5) is 4.39 Å². The van der Waals surface area contributed by atoms with E-state index in [0.29, 0.717) is 29.4 Å². The second-order valence-electron chi connectivity index (χ2n) is 4.19. The minimum atomic E-state index is -0.413. The summed E-state index contributed by atoms with van der Waals surface area (Å²) in [6.07, 6.45) is 0. The predicted octanol–water partition coefficient (Wildman–Crippen LogP) is 3.62. The van der Waals surface area contributed by atoms with E-state index in [0.717, 1.165) is 10.6 Å². The average Bonchev–Trinajstić information content (AvgIpc) is 2.46. The Kier molecular flexibility index (Phi) is 3.48. The van der Waals surface area contributed by atoms with Crippen LogP contribution in [0.15, 0.2) is 46.2 Å². The highest BCUT2D eigenvalue weighted by molar-refractivity contribution is 7.99. The lowest BCUT2D eigenvalue weighted by Crippen LogP contribution is -2.15. The molecule has 0 aromatic heterocycles. The Labute approximate surface area is 119 Å². The van der Waals surface area contributed by atoms with Gasteiger partial charge in [0.2, 0.25) is 0 Å². The molecule has 2 aromatic carbocycles. The molecule has 5 heteroatoms. The SMILES string of the molecule is N#Cc1cc(F)cc(Sc2ccc3c(c2)OCCO3)c1. The molecule has 1 heterocycles. The number of nitriles is 1. The van der Waals surface area contributed by atoms with Gasteiger partial charge in [0.25, 0.3) is 0 Å². The Morgan fingerprint density at radius 1 is 1.00 bits per heavy atom. The molecule has 2 aromatic rings. The van der Waals surface area contributed by atoms with Crippen LogP contribution in [0.1, 0.15) is 5.56 Å². The summed E-state index contributed by atoms with van der Waals surface area (Å²) in [5.41, 5.74) is 0.310. The Hall–Kier alpha value is -2.19. The Balaban J connectivity index is 1.88. The maximum absolute atomic E-state index is 13.4. The maximum Gasteiger partial charge on any atom is 0.162 e. The van der Waals surface area contributed by atoms with Gasteiger partial charge in [-0.15, -0.1) is 0 Å². The minimum absolute atomic E-state index is 0.310. The molecule has 3 rings (SSSR count). The van der Waals surface area contributed by atoms with Crippen LogP contribution >= 0.6 is 11.8 Å². The summed E-state index contributed by atoms with van der Waals surface area (Å²) in [7, 11) is 0. The fourth-order valence-electron chi connectivity index (χ4n) is 1.91. The van der Waals surface area contributed by atoms with Crippen molar-refractivity contribution in [2.45, 2.75) is 9.79 Å². The summed E-state index contributed by atoms with van der Waals surface area (Å²) in [5, 5.41) is 8.85. The van der Waals surface area contributed by atoms with E-state index in [2.05, 4.69) is 0 Å². The van der Waals surface area contributed by atoms with Gasteiger partial charge in [-0.3, -0.25) is 0 Å². The van der Waals surface area contributed by atoms with E-state index < -0.39 is 5.82 Å². The van der Waals surface area contributed by atoms with Crippen LogP contribution < -0.4 is 9.47 Å². The molecule has 0 N–H and O–H groups in total. The Morgan fingerprint density at radius 2 is 1.80 bits per heavy atom. The van der Waals surface area contributed by atoms with Crippen molar-refractivity contribution in [2.75, 3.05) is 13.2 Å². The summed E-state index contributed by atoms with van der Waals surface area (Å²) < 4.78 is 24.3. The lowest BCUT2D eigenvalue weighted by atomic mass is 10.2. The second-order valence-corrected chi connectivity index (χ2v) is 5.34. The molecule has 20 heavy (non-hydrogen) atoms. The van der Waals surface area contributed by atoms with Gasteiger partial charge in [0, 0.05) is 9.79 Å². The van der Waals surface area contributed by atoms with Gasteiger partial charge in [0.15, 0.2) is 11.5 Å². The zero-order valence-electron chi connectivity index (χ0n) is 10.4. The van der Waals surface area contributed by atoms with E-state index in [-0.39, 0.29) is 0 Å². The average molecular weight is 287 g/mol. The summed E-state index contributed by atoms with van der Waals surface area (Å²) in [5.74, 6) is 1.000. The number of benzene rings is 2. The third-order valence-electron chi connectivity index (χ3n) is 2.75. The molecule has 0 spiro atoms. The first-order valence-corrected chi connectivity index (χ1v) is 6.84. The number of hydrogen-bond acceptors (Lipinski definition) is 4. The fraction of sp³-hybridized carbons (Fsp3) is 0.133. The molecular formula is C15H10FNO2S. The third-order valence-corrected chi connectivity index (χ3v) is 3.71. The topological polar surface area (TPSA) is 42.2 Å². The molecule has 3 nitrogen and oxygen atoms in total. The van der Waals surface area contributed by atoms with Crippen LogP contribution in [0, 0.1) is 17.1 Å². The number of fused-ring (bicyclic) bond motifs is 1. The second kappa shape index (κ2) is 5.43. The largest absolute Gasteiger partial charge is 0.486 e. The number of nitrogens with zero attached hydrogens (tertiary/aromatic N) is 1. The molecule has 0 bridgehead atoms. The predicted molar refractivity (Wildman–Crippen MR) is 72.7 cm³/mol. The monoisotopic (exact) mass is 287 g/mol. The van der Waals surface area contributed by atoms with Gasteiger partial charge < -0.3 is 9.47 Å². The number of rotatable bonds is 2. The van der Waals surface area contributed by atoms with Gasteiger partial charge in [0.1, 0.15) is 19.0 Å². The molecule has 0 saturated heterocycles. The Morgan fingerprint density at radius 3 is 2.60 bits per heavy atom. The fourth-order valence-corrected chi connectivity index (χ4v) is 2.84. The maximum atomic E-state index is 13.4. The van der Waals surface area contributed by atoms with Gasteiger partial charge >= 0.3 is 0 Å². The minimum Gasteiger partial charge on any atom is -0.486 e. The van der Waals surface area contributed by atoms with Crippen molar-refractivity contribution in [1.82, 2.24) is 0 Å². The van der Waals surface area contributed by atoms with E-state index in [1.165, 1.54) is 23.9 Å². The van der Waals surface area contributed by atoms with E-state index in [4.69, 9.17) is 14.7 Å². The first-order valence-electron chi connectivity index (χ1n) is 6.03. The quantitative estimate of drug-likeness (QED) is 0.846. The molecule has 0 amide bonds. The highest BCUT2D eigenvalue weighted by atomic mass is 32.2.